The molecule has 0 atom stereocenters. The van der Waals surface area contributed by atoms with Crippen molar-refractivity contribution >= 4 is 34.6 Å². The first-order chi connectivity index (χ1) is 11.8. The molecule has 0 spiro atoms. The van der Waals surface area contributed by atoms with Crippen LogP contribution in [0.1, 0.15) is 5.56 Å². The molecule has 0 heterocycles. The maximum atomic E-state index is 11.8. The van der Waals surface area contributed by atoms with E-state index in [9.17, 15) is 20.0 Å². The van der Waals surface area contributed by atoms with Crippen LogP contribution < -0.4 is 15.4 Å². The van der Waals surface area contributed by atoms with Crippen molar-refractivity contribution in [1.82, 2.24) is 5.32 Å². The van der Waals surface area contributed by atoms with Gasteiger partial charge in [0.25, 0.3) is 11.6 Å². The molecule has 2 aromatic rings. The Morgan fingerprint density at radius 3 is 2.56 bits per heavy atom. The molecule has 9 heteroatoms. The second-order valence-electron chi connectivity index (χ2n) is 5.06. The summed E-state index contributed by atoms with van der Waals surface area (Å²) in [6.45, 7) is 1.70. The molecule has 1 amide bonds. The number of aryl methyl sites for hydroxylation is 1. The molecular weight excluding hydrogens is 346 g/mol. The molecule has 8 nitrogen and oxygen atoms in total. The van der Waals surface area contributed by atoms with Gasteiger partial charge in [0.1, 0.15) is 11.5 Å². The minimum atomic E-state index is -0.633. The summed E-state index contributed by atoms with van der Waals surface area (Å²) in [6.07, 6.45) is 0. The van der Waals surface area contributed by atoms with Gasteiger partial charge in [-0.15, -0.1) is 0 Å². The highest BCUT2D eigenvalue weighted by atomic mass is 32.1. The minimum absolute atomic E-state index is 0.0679. The number of amides is 1. The maximum Gasteiger partial charge on any atom is 0.273 e. The lowest BCUT2D eigenvalue weighted by Gasteiger charge is -2.11. The number of phenolic OH excluding ortho intramolecular Hbond substituents is 1. The number of hydrogen-bond donors (Lipinski definition) is 3. The van der Waals surface area contributed by atoms with E-state index in [1.54, 1.807) is 12.1 Å². The number of phenols is 1. The first-order valence-electron chi connectivity index (χ1n) is 7.13. The smallest absolute Gasteiger partial charge is 0.273 e. The number of ether oxygens (including phenoxy) is 1. The van der Waals surface area contributed by atoms with Crippen LogP contribution in [0.4, 0.5) is 11.4 Å². The van der Waals surface area contributed by atoms with Crippen LogP contribution in [-0.2, 0) is 4.79 Å². The summed E-state index contributed by atoms with van der Waals surface area (Å²) in [5.41, 5.74) is 0.949. The molecule has 0 saturated carbocycles. The van der Waals surface area contributed by atoms with Crippen LogP contribution in [-0.4, -0.2) is 27.7 Å². The van der Waals surface area contributed by atoms with Crippen molar-refractivity contribution in [2.45, 2.75) is 6.92 Å². The topological polar surface area (TPSA) is 114 Å². The zero-order valence-electron chi connectivity index (χ0n) is 13.2. The van der Waals surface area contributed by atoms with Crippen LogP contribution in [0.3, 0.4) is 0 Å². The molecule has 0 unspecified atom stereocenters. The highest BCUT2D eigenvalue weighted by Crippen LogP contribution is 2.27. The van der Waals surface area contributed by atoms with Gasteiger partial charge in [-0.05, 0) is 37.3 Å². The normalized spacial score (nSPS) is 9.96. The summed E-state index contributed by atoms with van der Waals surface area (Å²) in [6, 6.07) is 10.7. The molecule has 0 aliphatic carbocycles. The van der Waals surface area contributed by atoms with Gasteiger partial charge in [-0.2, -0.15) is 0 Å². The van der Waals surface area contributed by atoms with Crippen molar-refractivity contribution in [3.8, 4) is 11.5 Å². The number of nitrogens with one attached hydrogen (secondary N) is 2. The van der Waals surface area contributed by atoms with Gasteiger partial charge < -0.3 is 15.2 Å². The van der Waals surface area contributed by atoms with E-state index in [0.29, 0.717) is 5.75 Å². The number of hydrogen-bond acceptors (Lipinski definition) is 6. The largest absolute Gasteiger partial charge is 0.506 e. The number of thiocarbonyl (C=S) groups is 1. The van der Waals surface area contributed by atoms with Crippen LogP contribution in [0.5, 0.6) is 11.5 Å². The Morgan fingerprint density at radius 1 is 1.28 bits per heavy atom. The standard InChI is InChI=1S/C16H15N3O5S/c1-10-2-5-12(6-3-10)24-9-15(21)18-16(25)17-13-7-4-11(19(22)23)8-14(13)20/h2-8,20H,9H2,1H3,(H2,17,18,21,25). The summed E-state index contributed by atoms with van der Waals surface area (Å²) in [7, 11) is 0. The Labute approximate surface area is 148 Å². The lowest BCUT2D eigenvalue weighted by atomic mass is 10.2. The molecule has 3 N–H and O–H groups in total. The zero-order chi connectivity index (χ0) is 18.4. The molecule has 2 aromatic carbocycles. The number of carbonyl (C=O) groups excluding carboxylic acids is 1. The van der Waals surface area contributed by atoms with E-state index in [0.717, 1.165) is 11.6 Å². The van der Waals surface area contributed by atoms with E-state index >= 15 is 0 Å². The molecular formula is C16H15N3O5S. The Morgan fingerprint density at radius 2 is 1.96 bits per heavy atom. The van der Waals surface area contributed by atoms with Crippen molar-refractivity contribution in [3.05, 3.63) is 58.1 Å². The molecule has 0 bridgehead atoms. The summed E-state index contributed by atoms with van der Waals surface area (Å²) in [4.78, 5) is 21.8. The molecule has 0 fully saturated rings. The Balaban J connectivity index is 1.86. The van der Waals surface area contributed by atoms with Gasteiger partial charge in [0.15, 0.2) is 11.7 Å². The lowest BCUT2D eigenvalue weighted by molar-refractivity contribution is -0.384. The predicted octanol–water partition coefficient (Wildman–Crippen LogP) is 2.50. The van der Waals surface area contributed by atoms with Crippen LogP contribution in [0.2, 0.25) is 0 Å². The van der Waals surface area contributed by atoms with Gasteiger partial charge in [0, 0.05) is 6.07 Å². The fourth-order valence-electron chi connectivity index (χ4n) is 1.84. The Kier molecular flexibility index (Phi) is 5.85. The number of benzene rings is 2. The van der Waals surface area contributed by atoms with Crippen LogP contribution in [0.25, 0.3) is 0 Å². The number of rotatable bonds is 5. The average Bonchev–Trinajstić information content (AvgIpc) is 2.56. The number of carbonyl (C=O) groups is 1. The Hall–Kier alpha value is -3.20. The van der Waals surface area contributed by atoms with Gasteiger partial charge in [-0.3, -0.25) is 20.2 Å². The van der Waals surface area contributed by atoms with E-state index in [1.807, 2.05) is 19.1 Å². The van der Waals surface area contributed by atoms with Crippen LogP contribution in [0, 0.1) is 17.0 Å². The number of nitro groups is 1. The Bertz CT molecular complexity index is 808. The van der Waals surface area contributed by atoms with Crippen molar-refractivity contribution in [3.63, 3.8) is 0 Å². The number of nitro benzene ring substituents is 1. The molecule has 0 aliphatic heterocycles. The second kappa shape index (κ2) is 8.06. The SMILES string of the molecule is Cc1ccc(OCC(=O)NC(=S)Nc2ccc([N+](=O)[O-])cc2O)cc1. The van der Waals surface area contributed by atoms with Gasteiger partial charge in [-0.1, -0.05) is 17.7 Å². The number of non-ortho nitro benzene ring substituents is 1. The summed E-state index contributed by atoms with van der Waals surface area (Å²) < 4.78 is 5.32. The van der Waals surface area contributed by atoms with Gasteiger partial charge in [0.05, 0.1) is 16.7 Å². The third kappa shape index (κ3) is 5.43. The fourth-order valence-corrected chi connectivity index (χ4v) is 2.06. The highest BCUT2D eigenvalue weighted by molar-refractivity contribution is 7.80. The van der Waals surface area contributed by atoms with Crippen molar-refractivity contribution in [2.24, 2.45) is 0 Å². The predicted molar refractivity (Wildman–Crippen MR) is 95.8 cm³/mol. The quantitative estimate of drug-likeness (QED) is 0.324. The zero-order valence-corrected chi connectivity index (χ0v) is 14.0. The van der Waals surface area contributed by atoms with E-state index in [-0.39, 0.29) is 28.8 Å². The highest BCUT2D eigenvalue weighted by Gasteiger charge is 2.12. The third-order valence-corrected chi connectivity index (χ3v) is 3.29. The average molecular weight is 361 g/mol. The molecule has 0 radical (unpaired) electrons. The van der Waals surface area contributed by atoms with Gasteiger partial charge in [-0.25, -0.2) is 0 Å². The molecule has 25 heavy (non-hydrogen) atoms. The monoisotopic (exact) mass is 361 g/mol. The summed E-state index contributed by atoms with van der Waals surface area (Å²) >= 11 is 4.96. The van der Waals surface area contributed by atoms with Crippen molar-refractivity contribution in [1.29, 1.82) is 0 Å². The van der Waals surface area contributed by atoms with E-state index in [1.165, 1.54) is 12.1 Å². The van der Waals surface area contributed by atoms with Crippen molar-refractivity contribution in [2.75, 3.05) is 11.9 Å². The second-order valence-corrected chi connectivity index (χ2v) is 5.47. The minimum Gasteiger partial charge on any atom is -0.506 e. The maximum absolute atomic E-state index is 11.8. The molecule has 0 aliphatic rings. The van der Waals surface area contributed by atoms with E-state index in [4.69, 9.17) is 17.0 Å². The van der Waals surface area contributed by atoms with Crippen molar-refractivity contribution < 1.29 is 19.6 Å². The molecule has 0 aromatic heterocycles. The third-order valence-electron chi connectivity index (χ3n) is 3.08. The van der Waals surface area contributed by atoms with Crippen LogP contribution in [0.15, 0.2) is 42.5 Å². The summed E-state index contributed by atoms with van der Waals surface area (Å²) in [5, 5.41) is 25.3. The fraction of sp³-hybridized carbons (Fsp3) is 0.125. The van der Waals surface area contributed by atoms with Gasteiger partial charge in [0.2, 0.25) is 0 Å². The summed E-state index contributed by atoms with van der Waals surface area (Å²) in [5.74, 6) is -0.297. The van der Waals surface area contributed by atoms with Crippen LogP contribution >= 0.6 is 12.2 Å². The van der Waals surface area contributed by atoms with Gasteiger partial charge >= 0.3 is 0 Å². The number of anilines is 1. The van der Waals surface area contributed by atoms with E-state index in [2.05, 4.69) is 10.6 Å². The lowest BCUT2D eigenvalue weighted by Crippen LogP contribution is -2.37. The molecule has 130 valence electrons. The first kappa shape index (κ1) is 18.1. The molecule has 0 saturated heterocycles. The first-order valence-corrected chi connectivity index (χ1v) is 7.53. The number of nitrogens with zero attached hydrogens (tertiary/aromatic N) is 1. The molecule has 2 rings (SSSR count). The number of aromatic hydroxyl groups is 1. The van der Waals surface area contributed by atoms with E-state index < -0.39 is 10.8 Å².